The number of pyridine rings is 1. The van der Waals surface area contributed by atoms with Gasteiger partial charge in [0, 0.05) is 22.8 Å². The van der Waals surface area contributed by atoms with Crippen LogP contribution in [0.3, 0.4) is 0 Å². The predicted molar refractivity (Wildman–Crippen MR) is 174 cm³/mol. The summed E-state index contributed by atoms with van der Waals surface area (Å²) in [4.78, 5) is 31.4. The second-order valence-electron chi connectivity index (χ2n) is 10.5. The molecule has 0 aliphatic carbocycles. The third-order valence-electron chi connectivity index (χ3n) is 7.54. The van der Waals surface area contributed by atoms with Crippen LogP contribution < -0.4 is 18.9 Å². The fourth-order valence-electron chi connectivity index (χ4n) is 5.16. The second kappa shape index (κ2) is 13.0. The Labute approximate surface area is 272 Å². The van der Waals surface area contributed by atoms with E-state index in [2.05, 4.69) is 10.1 Å². The molecule has 6 aromatic rings. The first kappa shape index (κ1) is 31.4. The van der Waals surface area contributed by atoms with Crippen LogP contribution in [0.2, 0.25) is 0 Å². The molecule has 0 unspecified atom stereocenters. The molecule has 0 amide bonds. The number of rotatable bonds is 11. The summed E-state index contributed by atoms with van der Waals surface area (Å²) in [5.41, 5.74) is 3.07. The SMILES string of the molecule is COc1cc(-c2nc3cc([N+](=O)[O-])cc([N+](=O)[O-])c3cc2-c2ccc(OCc3noc(-c4ccc(C)cc4)n3)cc2)cc(OC)c1OC. The van der Waals surface area contributed by atoms with Gasteiger partial charge in [0.2, 0.25) is 11.6 Å². The van der Waals surface area contributed by atoms with E-state index in [1.807, 2.05) is 31.2 Å². The van der Waals surface area contributed by atoms with Crippen molar-refractivity contribution in [2.24, 2.45) is 0 Å². The zero-order valence-electron chi connectivity index (χ0n) is 26.1. The normalized spacial score (nSPS) is 10.9. The van der Waals surface area contributed by atoms with Gasteiger partial charge in [-0.2, -0.15) is 4.98 Å². The van der Waals surface area contributed by atoms with E-state index in [0.717, 1.165) is 17.2 Å². The number of aryl methyl sites for hydroxylation is 1. The molecule has 6 rings (SSSR count). The number of hydrogen-bond donors (Lipinski definition) is 0. The molecule has 242 valence electrons. The van der Waals surface area contributed by atoms with Gasteiger partial charge in [-0.1, -0.05) is 35.0 Å². The standard InChI is InChI=1S/C34H27N5O9/c1-19-5-7-21(8-6-19)34-36-31(37-48-34)18-47-24-11-9-20(10-12-24)25-17-26-27(15-23(38(40)41)16-28(26)39(42)43)35-32(25)22-13-29(44-2)33(46-4)30(14-22)45-3/h5-17H,18H2,1-4H3. The Balaban J connectivity index is 1.40. The highest BCUT2D eigenvalue weighted by Crippen LogP contribution is 2.44. The number of methoxy groups -OCH3 is 3. The van der Waals surface area contributed by atoms with Gasteiger partial charge in [0.15, 0.2) is 18.1 Å². The molecule has 0 aliphatic rings. The molecule has 0 fully saturated rings. The van der Waals surface area contributed by atoms with E-state index in [9.17, 15) is 20.2 Å². The molecule has 0 atom stereocenters. The zero-order chi connectivity index (χ0) is 33.9. The molecule has 0 saturated heterocycles. The van der Waals surface area contributed by atoms with Gasteiger partial charge in [-0.3, -0.25) is 20.2 Å². The summed E-state index contributed by atoms with van der Waals surface area (Å²) in [7, 11) is 4.42. The van der Waals surface area contributed by atoms with Crippen molar-refractivity contribution in [1.82, 2.24) is 15.1 Å². The van der Waals surface area contributed by atoms with Crippen LogP contribution in [0.5, 0.6) is 23.0 Å². The molecule has 0 spiro atoms. The van der Waals surface area contributed by atoms with Crippen molar-refractivity contribution in [1.29, 1.82) is 0 Å². The predicted octanol–water partition coefficient (Wildman–Crippen LogP) is 7.35. The lowest BCUT2D eigenvalue weighted by Gasteiger charge is -2.16. The summed E-state index contributed by atoms with van der Waals surface area (Å²) in [5, 5.41) is 27.8. The highest BCUT2D eigenvalue weighted by Gasteiger charge is 2.24. The smallest absolute Gasteiger partial charge is 0.285 e. The minimum Gasteiger partial charge on any atom is -0.493 e. The third kappa shape index (κ3) is 6.13. The van der Waals surface area contributed by atoms with Crippen LogP contribution in [0.25, 0.3) is 44.7 Å². The molecule has 0 N–H and O–H groups in total. The van der Waals surface area contributed by atoms with Crippen molar-refractivity contribution < 1.29 is 33.3 Å². The van der Waals surface area contributed by atoms with Gasteiger partial charge < -0.3 is 23.5 Å². The van der Waals surface area contributed by atoms with Gasteiger partial charge in [0.05, 0.1) is 53.8 Å². The quantitative estimate of drug-likeness (QED) is 0.101. The van der Waals surface area contributed by atoms with Gasteiger partial charge >= 0.3 is 0 Å². The minimum absolute atomic E-state index is 0.0495. The maximum Gasteiger partial charge on any atom is 0.285 e. The Hall–Kier alpha value is -6.57. The van der Waals surface area contributed by atoms with E-state index < -0.39 is 21.2 Å². The zero-order valence-corrected chi connectivity index (χ0v) is 26.1. The maximum atomic E-state index is 12.0. The Kier molecular flexibility index (Phi) is 8.53. The van der Waals surface area contributed by atoms with Crippen molar-refractivity contribution in [3.05, 3.63) is 110 Å². The Morgan fingerprint density at radius 1 is 0.750 bits per heavy atom. The first-order valence-electron chi connectivity index (χ1n) is 14.4. The summed E-state index contributed by atoms with van der Waals surface area (Å²) in [6.45, 7) is 2.04. The van der Waals surface area contributed by atoms with Crippen LogP contribution in [-0.2, 0) is 6.61 Å². The molecular weight excluding hydrogens is 622 g/mol. The highest BCUT2D eigenvalue weighted by molar-refractivity contribution is 5.98. The number of nitro groups is 2. The average Bonchev–Trinajstić information content (AvgIpc) is 3.58. The van der Waals surface area contributed by atoms with Crippen LogP contribution in [0.15, 0.2) is 83.4 Å². The van der Waals surface area contributed by atoms with E-state index >= 15 is 0 Å². The number of hydrogen-bond acceptors (Lipinski definition) is 12. The first-order valence-corrected chi connectivity index (χ1v) is 14.4. The third-order valence-corrected chi connectivity index (χ3v) is 7.54. The highest BCUT2D eigenvalue weighted by atomic mass is 16.6. The number of ether oxygens (including phenoxy) is 4. The second-order valence-corrected chi connectivity index (χ2v) is 10.5. The molecule has 4 aromatic carbocycles. The van der Waals surface area contributed by atoms with Gasteiger partial charge in [-0.25, -0.2) is 4.98 Å². The van der Waals surface area contributed by atoms with Gasteiger partial charge in [0.1, 0.15) is 5.75 Å². The van der Waals surface area contributed by atoms with E-state index in [1.165, 1.54) is 27.4 Å². The van der Waals surface area contributed by atoms with E-state index in [1.54, 1.807) is 42.5 Å². The number of benzene rings is 4. The van der Waals surface area contributed by atoms with E-state index in [4.69, 9.17) is 28.5 Å². The van der Waals surface area contributed by atoms with Crippen molar-refractivity contribution >= 4 is 22.3 Å². The van der Waals surface area contributed by atoms with Crippen molar-refractivity contribution in [2.45, 2.75) is 13.5 Å². The molecule has 14 heteroatoms. The van der Waals surface area contributed by atoms with Crippen molar-refractivity contribution in [3.63, 3.8) is 0 Å². The number of non-ortho nitro benzene ring substituents is 2. The fraction of sp³-hybridized carbons (Fsp3) is 0.147. The monoisotopic (exact) mass is 649 g/mol. The van der Waals surface area contributed by atoms with Gasteiger partial charge in [-0.15, -0.1) is 0 Å². The van der Waals surface area contributed by atoms with Crippen LogP contribution in [0.4, 0.5) is 11.4 Å². The van der Waals surface area contributed by atoms with E-state index in [-0.39, 0.29) is 17.5 Å². The summed E-state index contributed by atoms with van der Waals surface area (Å²) < 4.78 is 27.8. The minimum atomic E-state index is -0.697. The van der Waals surface area contributed by atoms with Gasteiger partial charge in [-0.05, 0) is 55.0 Å². The molecule has 0 aliphatic heterocycles. The molecule has 0 bridgehead atoms. The summed E-state index contributed by atoms with van der Waals surface area (Å²) in [6, 6.07) is 21.8. The maximum absolute atomic E-state index is 12.0. The number of fused-ring (bicyclic) bond motifs is 1. The molecule has 0 saturated carbocycles. The topological polar surface area (TPSA) is 175 Å². The summed E-state index contributed by atoms with van der Waals surface area (Å²) >= 11 is 0. The molecule has 2 heterocycles. The van der Waals surface area contributed by atoms with Crippen molar-refractivity contribution in [2.75, 3.05) is 21.3 Å². The molecular formula is C34H27N5O9. The van der Waals surface area contributed by atoms with Crippen molar-refractivity contribution in [3.8, 4) is 56.8 Å². The summed E-state index contributed by atoms with van der Waals surface area (Å²) in [5.74, 6) is 2.29. The lowest BCUT2D eigenvalue weighted by molar-refractivity contribution is -0.393. The summed E-state index contributed by atoms with van der Waals surface area (Å²) in [6.07, 6.45) is 0. The lowest BCUT2D eigenvalue weighted by atomic mass is 9.96. The van der Waals surface area contributed by atoms with Crippen LogP contribution in [0.1, 0.15) is 11.4 Å². The molecule has 14 nitrogen and oxygen atoms in total. The molecule has 2 aromatic heterocycles. The average molecular weight is 650 g/mol. The first-order chi connectivity index (χ1) is 23.2. The molecule has 48 heavy (non-hydrogen) atoms. The van der Waals surface area contributed by atoms with Crippen LogP contribution in [-0.4, -0.2) is 46.3 Å². The van der Waals surface area contributed by atoms with E-state index in [0.29, 0.717) is 57.1 Å². The number of nitrogens with zero attached hydrogens (tertiary/aromatic N) is 5. The number of aromatic nitrogens is 3. The lowest BCUT2D eigenvalue weighted by Crippen LogP contribution is -2.00. The van der Waals surface area contributed by atoms with Crippen LogP contribution >= 0.6 is 0 Å². The largest absolute Gasteiger partial charge is 0.493 e. The molecule has 0 radical (unpaired) electrons. The Morgan fingerprint density at radius 3 is 2.02 bits per heavy atom. The fourth-order valence-corrected chi connectivity index (χ4v) is 5.16. The van der Waals surface area contributed by atoms with Gasteiger partial charge in [0.25, 0.3) is 17.3 Å². The number of nitro benzene ring substituents is 2. The Morgan fingerprint density at radius 2 is 1.42 bits per heavy atom. The Bertz CT molecular complexity index is 2140. The van der Waals surface area contributed by atoms with Crippen LogP contribution in [0, 0.1) is 27.2 Å².